The molecule has 78 valence electrons. The summed E-state index contributed by atoms with van der Waals surface area (Å²) in [6.07, 6.45) is 5.40. The van der Waals surface area contributed by atoms with Gasteiger partial charge >= 0.3 is 0 Å². The fourth-order valence-corrected chi connectivity index (χ4v) is 2.05. The topological polar surface area (TPSA) is 38.1 Å². The Balaban J connectivity index is 2.04. The van der Waals surface area contributed by atoms with Gasteiger partial charge in [-0.05, 0) is 25.3 Å². The Morgan fingerprint density at radius 2 is 2.50 bits per heavy atom. The van der Waals surface area contributed by atoms with Crippen molar-refractivity contribution in [2.75, 3.05) is 6.54 Å². The second-order valence-electron chi connectivity index (χ2n) is 4.36. The summed E-state index contributed by atoms with van der Waals surface area (Å²) in [6.45, 7) is 5.51. The number of rotatable bonds is 3. The molecule has 0 bridgehead atoms. The molecule has 1 aromatic heterocycles. The standard InChI is InChI=1S/C11H18N2O/c1-8(2)10-7-13-14-11(10)6-9-4-3-5-12-9/h7-9,12H,3-6H2,1-2H3. The molecular weight excluding hydrogens is 176 g/mol. The van der Waals surface area contributed by atoms with Crippen molar-refractivity contribution in [3.8, 4) is 0 Å². The van der Waals surface area contributed by atoms with Crippen LogP contribution in [0.5, 0.6) is 0 Å². The third kappa shape index (κ3) is 1.98. The van der Waals surface area contributed by atoms with Crippen molar-refractivity contribution in [2.45, 2.75) is 45.1 Å². The molecule has 1 saturated heterocycles. The summed E-state index contributed by atoms with van der Waals surface area (Å²) in [4.78, 5) is 0. The van der Waals surface area contributed by atoms with Crippen LogP contribution in [0.15, 0.2) is 10.7 Å². The van der Waals surface area contributed by atoms with Crippen molar-refractivity contribution in [2.24, 2.45) is 0 Å². The number of hydrogen-bond donors (Lipinski definition) is 1. The maximum absolute atomic E-state index is 5.30. The van der Waals surface area contributed by atoms with E-state index >= 15 is 0 Å². The molecule has 1 N–H and O–H groups in total. The molecule has 3 heteroatoms. The minimum atomic E-state index is 0.512. The maximum atomic E-state index is 5.30. The van der Waals surface area contributed by atoms with Gasteiger partial charge in [0.05, 0.1) is 6.20 Å². The third-order valence-corrected chi connectivity index (χ3v) is 2.89. The van der Waals surface area contributed by atoms with Crippen LogP contribution in [0.25, 0.3) is 0 Å². The molecule has 0 spiro atoms. The van der Waals surface area contributed by atoms with Crippen LogP contribution in [0.2, 0.25) is 0 Å². The summed E-state index contributed by atoms with van der Waals surface area (Å²) in [5, 5.41) is 7.36. The highest BCUT2D eigenvalue weighted by atomic mass is 16.5. The number of nitrogens with zero attached hydrogens (tertiary/aromatic N) is 1. The third-order valence-electron chi connectivity index (χ3n) is 2.89. The fraction of sp³-hybridized carbons (Fsp3) is 0.727. The van der Waals surface area contributed by atoms with Crippen molar-refractivity contribution >= 4 is 0 Å². The summed E-state index contributed by atoms with van der Waals surface area (Å²) in [5.74, 6) is 1.58. The Hall–Kier alpha value is -0.830. The summed E-state index contributed by atoms with van der Waals surface area (Å²) in [5.41, 5.74) is 1.26. The molecule has 2 heterocycles. The SMILES string of the molecule is CC(C)c1cnoc1CC1CCCN1. The van der Waals surface area contributed by atoms with Crippen LogP contribution in [-0.4, -0.2) is 17.7 Å². The van der Waals surface area contributed by atoms with Crippen LogP contribution >= 0.6 is 0 Å². The Morgan fingerprint density at radius 3 is 3.14 bits per heavy atom. The van der Waals surface area contributed by atoms with E-state index < -0.39 is 0 Å². The molecule has 1 aliphatic rings. The lowest BCUT2D eigenvalue weighted by Crippen LogP contribution is -2.23. The minimum absolute atomic E-state index is 0.512. The average Bonchev–Trinajstić information content (AvgIpc) is 2.75. The van der Waals surface area contributed by atoms with E-state index in [9.17, 15) is 0 Å². The number of nitrogens with one attached hydrogen (secondary N) is 1. The van der Waals surface area contributed by atoms with Gasteiger partial charge in [-0.1, -0.05) is 19.0 Å². The highest BCUT2D eigenvalue weighted by Crippen LogP contribution is 2.21. The Kier molecular flexibility index (Phi) is 2.87. The van der Waals surface area contributed by atoms with Crippen molar-refractivity contribution < 1.29 is 4.52 Å². The zero-order valence-electron chi connectivity index (χ0n) is 8.92. The smallest absolute Gasteiger partial charge is 0.141 e. The molecule has 1 fully saturated rings. The molecule has 0 saturated carbocycles. The second kappa shape index (κ2) is 4.13. The molecule has 1 aliphatic heterocycles. The molecule has 0 aromatic carbocycles. The predicted octanol–water partition coefficient (Wildman–Crippen LogP) is 2.09. The van der Waals surface area contributed by atoms with Gasteiger partial charge in [0.2, 0.25) is 0 Å². The van der Waals surface area contributed by atoms with Crippen LogP contribution < -0.4 is 5.32 Å². The van der Waals surface area contributed by atoms with E-state index in [1.54, 1.807) is 0 Å². The lowest BCUT2D eigenvalue weighted by Gasteiger charge is -2.09. The van der Waals surface area contributed by atoms with Crippen molar-refractivity contribution in [1.82, 2.24) is 10.5 Å². The minimum Gasteiger partial charge on any atom is -0.361 e. The van der Waals surface area contributed by atoms with Crippen molar-refractivity contribution in [3.63, 3.8) is 0 Å². The van der Waals surface area contributed by atoms with Crippen LogP contribution in [0, 0.1) is 0 Å². The van der Waals surface area contributed by atoms with Gasteiger partial charge in [-0.3, -0.25) is 0 Å². The molecular formula is C11H18N2O. The first-order chi connectivity index (χ1) is 6.77. The Bertz CT molecular complexity index is 287. The first-order valence-corrected chi connectivity index (χ1v) is 5.44. The number of hydrogen-bond acceptors (Lipinski definition) is 3. The van der Waals surface area contributed by atoms with Crippen LogP contribution in [-0.2, 0) is 6.42 Å². The molecule has 1 atom stereocenters. The maximum Gasteiger partial charge on any atom is 0.141 e. The van der Waals surface area contributed by atoms with Gasteiger partial charge in [0.1, 0.15) is 5.76 Å². The van der Waals surface area contributed by atoms with Gasteiger partial charge in [0.25, 0.3) is 0 Å². The zero-order chi connectivity index (χ0) is 9.97. The van der Waals surface area contributed by atoms with Crippen molar-refractivity contribution in [3.05, 3.63) is 17.5 Å². The van der Waals surface area contributed by atoms with Crippen LogP contribution in [0.3, 0.4) is 0 Å². The lowest BCUT2D eigenvalue weighted by molar-refractivity contribution is 0.367. The summed E-state index contributed by atoms with van der Waals surface area (Å²) in [6, 6.07) is 0.598. The van der Waals surface area contributed by atoms with Gasteiger partial charge in [-0.25, -0.2) is 0 Å². The Morgan fingerprint density at radius 1 is 1.64 bits per heavy atom. The molecule has 1 aromatic rings. The van der Waals surface area contributed by atoms with Gasteiger partial charge in [-0.15, -0.1) is 0 Å². The lowest BCUT2D eigenvalue weighted by atomic mass is 10.0. The van der Waals surface area contributed by atoms with Crippen LogP contribution in [0.4, 0.5) is 0 Å². The number of aromatic nitrogens is 1. The van der Waals surface area contributed by atoms with Gasteiger partial charge < -0.3 is 9.84 Å². The predicted molar refractivity (Wildman–Crippen MR) is 55.3 cm³/mol. The molecule has 0 radical (unpaired) electrons. The summed E-state index contributed by atoms with van der Waals surface area (Å²) >= 11 is 0. The van der Waals surface area contributed by atoms with E-state index in [0.717, 1.165) is 18.7 Å². The molecule has 2 rings (SSSR count). The quantitative estimate of drug-likeness (QED) is 0.800. The van der Waals surface area contributed by atoms with Gasteiger partial charge in [0.15, 0.2) is 0 Å². The van der Waals surface area contributed by atoms with E-state index in [2.05, 4.69) is 24.3 Å². The molecule has 3 nitrogen and oxygen atoms in total. The first-order valence-electron chi connectivity index (χ1n) is 5.44. The molecule has 14 heavy (non-hydrogen) atoms. The average molecular weight is 194 g/mol. The van der Waals surface area contributed by atoms with Gasteiger partial charge in [-0.2, -0.15) is 0 Å². The highest BCUT2D eigenvalue weighted by molar-refractivity contribution is 5.18. The van der Waals surface area contributed by atoms with E-state index in [4.69, 9.17) is 4.52 Å². The van der Waals surface area contributed by atoms with E-state index in [1.807, 2.05) is 6.20 Å². The first kappa shape index (κ1) is 9.71. The largest absolute Gasteiger partial charge is 0.361 e. The molecule has 1 unspecified atom stereocenters. The zero-order valence-corrected chi connectivity index (χ0v) is 8.92. The summed E-state index contributed by atoms with van der Waals surface area (Å²) < 4.78 is 5.30. The molecule has 0 aliphatic carbocycles. The highest BCUT2D eigenvalue weighted by Gasteiger charge is 2.19. The monoisotopic (exact) mass is 194 g/mol. The van der Waals surface area contributed by atoms with Crippen LogP contribution in [0.1, 0.15) is 43.9 Å². The normalized spacial score (nSPS) is 22.1. The van der Waals surface area contributed by atoms with E-state index in [1.165, 1.54) is 18.4 Å². The van der Waals surface area contributed by atoms with E-state index in [-0.39, 0.29) is 0 Å². The fourth-order valence-electron chi connectivity index (χ4n) is 2.05. The van der Waals surface area contributed by atoms with E-state index in [0.29, 0.717) is 12.0 Å². The van der Waals surface area contributed by atoms with Gasteiger partial charge in [0, 0.05) is 18.0 Å². The Labute approximate surface area is 84.9 Å². The summed E-state index contributed by atoms with van der Waals surface area (Å²) in [7, 11) is 0. The molecule has 0 amide bonds. The van der Waals surface area contributed by atoms with Crippen molar-refractivity contribution in [1.29, 1.82) is 0 Å². The second-order valence-corrected chi connectivity index (χ2v) is 4.36.